The van der Waals surface area contributed by atoms with E-state index in [1.54, 1.807) is 36.6 Å². The van der Waals surface area contributed by atoms with Gasteiger partial charge in [-0.3, -0.25) is 4.79 Å². The first-order chi connectivity index (χ1) is 9.72. The van der Waals surface area contributed by atoms with Gasteiger partial charge in [-0.1, -0.05) is 6.07 Å². The van der Waals surface area contributed by atoms with E-state index >= 15 is 0 Å². The Kier molecular flexibility index (Phi) is 5.01. The lowest BCUT2D eigenvalue weighted by molar-refractivity contribution is -0.115. The van der Waals surface area contributed by atoms with Crippen LogP contribution in [0.2, 0.25) is 0 Å². The standard InChI is InChI=1S/C15H17NO3S/c1-3-19-13-7-6-11(9-14(13)18-2)16-15(17)10-12-5-4-8-20-12/h4-9H,3,10H2,1-2H3,(H,16,17). The topological polar surface area (TPSA) is 47.6 Å². The molecule has 0 aliphatic carbocycles. The third kappa shape index (κ3) is 3.74. The summed E-state index contributed by atoms with van der Waals surface area (Å²) in [4.78, 5) is 13.0. The number of carbonyl (C=O) groups is 1. The Morgan fingerprint density at radius 3 is 2.80 bits per heavy atom. The van der Waals surface area contributed by atoms with Crippen LogP contribution < -0.4 is 14.8 Å². The van der Waals surface area contributed by atoms with Crippen LogP contribution in [0.1, 0.15) is 11.8 Å². The average molecular weight is 291 g/mol. The smallest absolute Gasteiger partial charge is 0.229 e. The van der Waals surface area contributed by atoms with Gasteiger partial charge < -0.3 is 14.8 Å². The number of carbonyl (C=O) groups excluding carboxylic acids is 1. The van der Waals surface area contributed by atoms with Crippen molar-refractivity contribution < 1.29 is 14.3 Å². The molecule has 0 unspecified atom stereocenters. The molecule has 4 nitrogen and oxygen atoms in total. The highest BCUT2D eigenvalue weighted by molar-refractivity contribution is 7.10. The molecule has 1 aromatic heterocycles. The number of hydrogen-bond acceptors (Lipinski definition) is 4. The second-order valence-corrected chi connectivity index (χ2v) is 5.14. The van der Waals surface area contributed by atoms with Gasteiger partial charge in [-0.05, 0) is 30.5 Å². The van der Waals surface area contributed by atoms with Crippen LogP contribution in [0.3, 0.4) is 0 Å². The van der Waals surface area contributed by atoms with Crippen molar-refractivity contribution >= 4 is 22.9 Å². The Balaban J connectivity index is 2.03. The Bertz CT molecular complexity index is 567. The molecule has 1 heterocycles. The van der Waals surface area contributed by atoms with E-state index in [-0.39, 0.29) is 5.91 Å². The van der Waals surface area contributed by atoms with E-state index in [0.29, 0.717) is 30.2 Å². The van der Waals surface area contributed by atoms with Gasteiger partial charge in [-0.25, -0.2) is 0 Å². The summed E-state index contributed by atoms with van der Waals surface area (Å²) in [7, 11) is 1.58. The fourth-order valence-corrected chi connectivity index (χ4v) is 2.50. The number of nitrogens with one attached hydrogen (secondary N) is 1. The maximum atomic E-state index is 11.9. The molecule has 2 rings (SSSR count). The molecule has 1 amide bonds. The van der Waals surface area contributed by atoms with Crippen LogP contribution in [0.25, 0.3) is 0 Å². The van der Waals surface area contributed by atoms with E-state index in [2.05, 4.69) is 5.32 Å². The molecular formula is C15H17NO3S. The Morgan fingerprint density at radius 1 is 1.30 bits per heavy atom. The summed E-state index contributed by atoms with van der Waals surface area (Å²) in [6.45, 7) is 2.48. The summed E-state index contributed by atoms with van der Waals surface area (Å²) in [5, 5.41) is 4.82. The first-order valence-electron chi connectivity index (χ1n) is 6.36. The highest BCUT2D eigenvalue weighted by Gasteiger charge is 2.08. The molecule has 0 aliphatic rings. The van der Waals surface area contributed by atoms with Crippen molar-refractivity contribution in [1.29, 1.82) is 0 Å². The van der Waals surface area contributed by atoms with Gasteiger partial charge in [-0.15, -0.1) is 11.3 Å². The molecule has 0 saturated carbocycles. The average Bonchev–Trinajstić information content (AvgIpc) is 2.93. The molecule has 0 atom stereocenters. The van der Waals surface area contributed by atoms with Gasteiger partial charge in [0.2, 0.25) is 5.91 Å². The molecule has 0 saturated heterocycles. The number of benzene rings is 1. The number of rotatable bonds is 6. The third-order valence-corrected chi connectivity index (χ3v) is 3.54. The van der Waals surface area contributed by atoms with Crippen LogP contribution in [0.4, 0.5) is 5.69 Å². The van der Waals surface area contributed by atoms with Crippen LogP contribution >= 0.6 is 11.3 Å². The molecule has 106 valence electrons. The third-order valence-electron chi connectivity index (χ3n) is 2.66. The van der Waals surface area contributed by atoms with Crippen LogP contribution in [0.15, 0.2) is 35.7 Å². The van der Waals surface area contributed by atoms with Crippen molar-refractivity contribution in [2.75, 3.05) is 19.0 Å². The molecule has 0 aliphatic heterocycles. The molecule has 0 spiro atoms. The number of methoxy groups -OCH3 is 1. The number of hydrogen-bond donors (Lipinski definition) is 1. The molecule has 20 heavy (non-hydrogen) atoms. The highest BCUT2D eigenvalue weighted by Crippen LogP contribution is 2.30. The summed E-state index contributed by atoms with van der Waals surface area (Å²) >= 11 is 1.57. The largest absolute Gasteiger partial charge is 0.493 e. The SMILES string of the molecule is CCOc1ccc(NC(=O)Cc2cccs2)cc1OC. The first-order valence-corrected chi connectivity index (χ1v) is 7.24. The maximum Gasteiger partial charge on any atom is 0.229 e. The molecule has 2 aromatic rings. The lowest BCUT2D eigenvalue weighted by Crippen LogP contribution is -2.13. The molecule has 5 heteroatoms. The zero-order valence-electron chi connectivity index (χ0n) is 11.5. The predicted octanol–water partition coefficient (Wildman–Crippen LogP) is 3.34. The van der Waals surface area contributed by atoms with Gasteiger partial charge in [0, 0.05) is 16.6 Å². The van der Waals surface area contributed by atoms with Crippen molar-refractivity contribution in [2.24, 2.45) is 0 Å². The lowest BCUT2D eigenvalue weighted by atomic mass is 10.2. The number of ether oxygens (including phenoxy) is 2. The molecule has 0 fully saturated rings. The van der Waals surface area contributed by atoms with Gasteiger partial charge >= 0.3 is 0 Å². The van der Waals surface area contributed by atoms with E-state index in [0.717, 1.165) is 4.88 Å². The minimum Gasteiger partial charge on any atom is -0.493 e. The van der Waals surface area contributed by atoms with E-state index in [1.807, 2.05) is 24.4 Å². The van der Waals surface area contributed by atoms with Crippen LogP contribution in [0, 0.1) is 0 Å². The van der Waals surface area contributed by atoms with Gasteiger partial charge in [0.25, 0.3) is 0 Å². The summed E-state index contributed by atoms with van der Waals surface area (Å²) < 4.78 is 10.7. The van der Waals surface area contributed by atoms with E-state index in [4.69, 9.17) is 9.47 Å². The van der Waals surface area contributed by atoms with Gasteiger partial charge in [-0.2, -0.15) is 0 Å². The van der Waals surface area contributed by atoms with Gasteiger partial charge in [0.1, 0.15) is 0 Å². The molecule has 1 N–H and O–H groups in total. The van der Waals surface area contributed by atoms with Crippen LogP contribution in [0.5, 0.6) is 11.5 Å². The minimum absolute atomic E-state index is 0.0429. The fraction of sp³-hybridized carbons (Fsp3) is 0.267. The normalized spacial score (nSPS) is 10.1. The van der Waals surface area contributed by atoms with Gasteiger partial charge in [0.15, 0.2) is 11.5 Å². The molecule has 0 radical (unpaired) electrons. The second kappa shape index (κ2) is 6.96. The van der Waals surface area contributed by atoms with E-state index in [9.17, 15) is 4.79 Å². The summed E-state index contributed by atoms with van der Waals surface area (Å²) in [5.41, 5.74) is 0.701. The zero-order chi connectivity index (χ0) is 14.4. The van der Waals surface area contributed by atoms with Crippen molar-refractivity contribution in [3.8, 4) is 11.5 Å². The lowest BCUT2D eigenvalue weighted by Gasteiger charge is -2.11. The fourth-order valence-electron chi connectivity index (χ4n) is 1.80. The Morgan fingerprint density at radius 2 is 2.15 bits per heavy atom. The van der Waals surface area contributed by atoms with Crippen molar-refractivity contribution in [3.05, 3.63) is 40.6 Å². The second-order valence-electron chi connectivity index (χ2n) is 4.10. The summed E-state index contributed by atoms with van der Waals surface area (Å²) in [6, 6.07) is 9.25. The molecule has 0 bridgehead atoms. The van der Waals surface area contributed by atoms with Crippen LogP contribution in [-0.4, -0.2) is 19.6 Å². The Labute approximate surface area is 122 Å². The molecule has 1 aromatic carbocycles. The van der Waals surface area contributed by atoms with Crippen LogP contribution in [-0.2, 0) is 11.2 Å². The minimum atomic E-state index is -0.0429. The van der Waals surface area contributed by atoms with Gasteiger partial charge in [0.05, 0.1) is 20.1 Å². The number of amides is 1. The summed E-state index contributed by atoms with van der Waals surface area (Å²) in [5.74, 6) is 1.24. The molecular weight excluding hydrogens is 274 g/mol. The maximum absolute atomic E-state index is 11.9. The summed E-state index contributed by atoms with van der Waals surface area (Å²) in [6.07, 6.45) is 0.382. The Hall–Kier alpha value is -2.01. The number of anilines is 1. The van der Waals surface area contributed by atoms with E-state index < -0.39 is 0 Å². The quantitative estimate of drug-likeness (QED) is 0.888. The monoisotopic (exact) mass is 291 g/mol. The van der Waals surface area contributed by atoms with Crippen molar-refractivity contribution in [2.45, 2.75) is 13.3 Å². The number of thiophene rings is 1. The first kappa shape index (κ1) is 14.4. The highest BCUT2D eigenvalue weighted by atomic mass is 32.1. The van der Waals surface area contributed by atoms with Crippen molar-refractivity contribution in [1.82, 2.24) is 0 Å². The zero-order valence-corrected chi connectivity index (χ0v) is 12.3. The van der Waals surface area contributed by atoms with Crippen molar-refractivity contribution in [3.63, 3.8) is 0 Å². The predicted molar refractivity (Wildman–Crippen MR) is 80.8 cm³/mol. The van der Waals surface area contributed by atoms with E-state index in [1.165, 1.54) is 0 Å².